The second-order valence-corrected chi connectivity index (χ2v) is 3.37. The number of aromatic nitrogens is 1. The Hall–Kier alpha value is -1.57. The number of H-pyrrole nitrogens is 1. The SMILES string of the molecule is Cc1cc2cc(C=O)[nH]c2cc1C. The van der Waals surface area contributed by atoms with Crippen LogP contribution in [0.2, 0.25) is 0 Å². The Kier molecular flexibility index (Phi) is 1.69. The molecular weight excluding hydrogens is 162 g/mol. The highest BCUT2D eigenvalue weighted by molar-refractivity contribution is 5.88. The van der Waals surface area contributed by atoms with Gasteiger partial charge in [0.25, 0.3) is 0 Å². The highest BCUT2D eigenvalue weighted by Crippen LogP contribution is 2.19. The molecule has 1 heterocycles. The van der Waals surface area contributed by atoms with Gasteiger partial charge in [0.2, 0.25) is 0 Å². The van der Waals surface area contributed by atoms with Crippen molar-refractivity contribution in [2.24, 2.45) is 0 Å². The maximum atomic E-state index is 10.5. The Bertz CT molecular complexity index is 429. The molecule has 0 radical (unpaired) electrons. The molecule has 0 saturated heterocycles. The van der Waals surface area contributed by atoms with E-state index in [1.807, 2.05) is 6.07 Å². The quantitative estimate of drug-likeness (QED) is 0.660. The van der Waals surface area contributed by atoms with Crippen molar-refractivity contribution in [2.75, 3.05) is 0 Å². The summed E-state index contributed by atoms with van der Waals surface area (Å²) < 4.78 is 0. The van der Waals surface area contributed by atoms with Crippen molar-refractivity contribution in [3.8, 4) is 0 Å². The van der Waals surface area contributed by atoms with Crippen LogP contribution in [0.5, 0.6) is 0 Å². The second kappa shape index (κ2) is 2.73. The molecule has 0 fully saturated rings. The zero-order valence-corrected chi connectivity index (χ0v) is 7.72. The van der Waals surface area contributed by atoms with Gasteiger partial charge in [-0.15, -0.1) is 0 Å². The first-order valence-corrected chi connectivity index (χ1v) is 4.26. The van der Waals surface area contributed by atoms with Gasteiger partial charge >= 0.3 is 0 Å². The van der Waals surface area contributed by atoms with Crippen LogP contribution in [-0.4, -0.2) is 11.3 Å². The number of hydrogen-bond acceptors (Lipinski definition) is 1. The Labute approximate surface area is 76.6 Å². The van der Waals surface area contributed by atoms with Crippen molar-refractivity contribution in [1.82, 2.24) is 4.98 Å². The van der Waals surface area contributed by atoms with E-state index in [-0.39, 0.29) is 0 Å². The molecule has 2 nitrogen and oxygen atoms in total. The predicted molar refractivity (Wildman–Crippen MR) is 53.2 cm³/mol. The Morgan fingerprint density at radius 1 is 1.15 bits per heavy atom. The molecule has 0 unspecified atom stereocenters. The number of fused-ring (bicyclic) bond motifs is 1. The summed E-state index contributed by atoms with van der Waals surface area (Å²) in [4.78, 5) is 13.6. The third kappa shape index (κ3) is 1.24. The average molecular weight is 173 g/mol. The van der Waals surface area contributed by atoms with Crippen molar-refractivity contribution in [1.29, 1.82) is 0 Å². The first kappa shape index (κ1) is 8.05. The molecule has 0 spiro atoms. The lowest BCUT2D eigenvalue weighted by Crippen LogP contribution is -1.79. The van der Waals surface area contributed by atoms with Crippen LogP contribution in [0.15, 0.2) is 18.2 Å². The van der Waals surface area contributed by atoms with Crippen LogP contribution in [-0.2, 0) is 0 Å². The van der Waals surface area contributed by atoms with E-state index >= 15 is 0 Å². The van der Waals surface area contributed by atoms with E-state index in [0.29, 0.717) is 5.69 Å². The van der Waals surface area contributed by atoms with Gasteiger partial charge in [0.1, 0.15) is 0 Å². The van der Waals surface area contributed by atoms with Gasteiger partial charge in [-0.3, -0.25) is 4.79 Å². The van der Waals surface area contributed by atoms with Crippen molar-refractivity contribution in [3.63, 3.8) is 0 Å². The molecule has 1 aromatic carbocycles. The molecule has 0 aliphatic heterocycles. The summed E-state index contributed by atoms with van der Waals surface area (Å²) in [7, 11) is 0. The second-order valence-electron chi connectivity index (χ2n) is 3.37. The number of carbonyl (C=O) groups is 1. The number of aromatic amines is 1. The Balaban J connectivity index is 2.77. The van der Waals surface area contributed by atoms with E-state index in [2.05, 4.69) is 31.0 Å². The molecule has 0 saturated carbocycles. The molecule has 0 aliphatic carbocycles. The van der Waals surface area contributed by atoms with Crippen molar-refractivity contribution < 1.29 is 4.79 Å². The fourth-order valence-electron chi connectivity index (χ4n) is 1.49. The topological polar surface area (TPSA) is 32.9 Å². The van der Waals surface area contributed by atoms with Crippen LogP contribution in [0.3, 0.4) is 0 Å². The molecule has 13 heavy (non-hydrogen) atoms. The molecular formula is C11H11NO. The van der Waals surface area contributed by atoms with Crippen LogP contribution in [0, 0.1) is 13.8 Å². The lowest BCUT2D eigenvalue weighted by Gasteiger charge is -1.98. The third-order valence-electron chi connectivity index (χ3n) is 2.38. The maximum absolute atomic E-state index is 10.5. The van der Waals surface area contributed by atoms with E-state index < -0.39 is 0 Å². The molecule has 0 atom stereocenters. The summed E-state index contributed by atoms with van der Waals surface area (Å²) in [6.07, 6.45) is 0.838. The first-order chi connectivity index (χ1) is 6.20. The molecule has 2 aromatic rings. The van der Waals surface area contributed by atoms with Crippen LogP contribution in [0.25, 0.3) is 10.9 Å². The largest absolute Gasteiger partial charge is 0.352 e. The first-order valence-electron chi connectivity index (χ1n) is 4.26. The van der Waals surface area contributed by atoms with Crippen molar-refractivity contribution >= 4 is 17.2 Å². The third-order valence-corrected chi connectivity index (χ3v) is 2.38. The van der Waals surface area contributed by atoms with E-state index in [1.165, 1.54) is 11.1 Å². The average Bonchev–Trinajstić information content (AvgIpc) is 2.48. The molecule has 1 aromatic heterocycles. The van der Waals surface area contributed by atoms with Crippen LogP contribution in [0.1, 0.15) is 21.6 Å². The number of nitrogens with one attached hydrogen (secondary N) is 1. The van der Waals surface area contributed by atoms with Gasteiger partial charge in [-0.2, -0.15) is 0 Å². The normalized spacial score (nSPS) is 10.6. The van der Waals surface area contributed by atoms with Crippen LogP contribution in [0.4, 0.5) is 0 Å². The number of carbonyl (C=O) groups excluding carboxylic acids is 1. The molecule has 0 amide bonds. The van der Waals surface area contributed by atoms with Gasteiger partial charge < -0.3 is 4.98 Å². The van der Waals surface area contributed by atoms with Gasteiger partial charge in [0, 0.05) is 10.9 Å². The fourth-order valence-corrected chi connectivity index (χ4v) is 1.49. The smallest absolute Gasteiger partial charge is 0.166 e. The predicted octanol–water partition coefficient (Wildman–Crippen LogP) is 2.60. The van der Waals surface area contributed by atoms with E-state index in [1.54, 1.807) is 0 Å². The fraction of sp³-hybridized carbons (Fsp3) is 0.182. The van der Waals surface area contributed by atoms with Gasteiger partial charge in [-0.1, -0.05) is 0 Å². The zero-order chi connectivity index (χ0) is 9.42. The molecule has 0 aliphatic rings. The van der Waals surface area contributed by atoms with E-state index in [0.717, 1.165) is 17.2 Å². The molecule has 2 heteroatoms. The summed E-state index contributed by atoms with van der Waals surface area (Å²) in [5.41, 5.74) is 4.17. The summed E-state index contributed by atoms with van der Waals surface area (Å²) in [6.45, 7) is 4.14. The minimum Gasteiger partial charge on any atom is -0.352 e. The number of aryl methyl sites for hydroxylation is 2. The van der Waals surface area contributed by atoms with Gasteiger partial charge in [-0.25, -0.2) is 0 Å². The van der Waals surface area contributed by atoms with Crippen molar-refractivity contribution in [3.05, 3.63) is 35.0 Å². The highest BCUT2D eigenvalue weighted by Gasteiger charge is 2.01. The summed E-state index contributed by atoms with van der Waals surface area (Å²) in [5.74, 6) is 0. The van der Waals surface area contributed by atoms with Crippen molar-refractivity contribution in [2.45, 2.75) is 13.8 Å². The molecule has 0 bridgehead atoms. The Morgan fingerprint density at radius 2 is 1.85 bits per heavy atom. The zero-order valence-electron chi connectivity index (χ0n) is 7.72. The number of hydrogen-bond donors (Lipinski definition) is 1. The molecule has 66 valence electrons. The van der Waals surface area contributed by atoms with Crippen LogP contribution < -0.4 is 0 Å². The maximum Gasteiger partial charge on any atom is 0.166 e. The Morgan fingerprint density at radius 3 is 2.54 bits per heavy atom. The van der Waals surface area contributed by atoms with Crippen LogP contribution >= 0.6 is 0 Å². The number of benzene rings is 1. The molecule has 1 N–H and O–H groups in total. The highest BCUT2D eigenvalue weighted by atomic mass is 16.1. The minimum atomic E-state index is 0.639. The van der Waals surface area contributed by atoms with E-state index in [9.17, 15) is 4.79 Å². The molecule has 2 rings (SSSR count). The summed E-state index contributed by atoms with van der Waals surface area (Å²) in [6, 6.07) is 6.03. The number of rotatable bonds is 1. The van der Waals surface area contributed by atoms with Gasteiger partial charge in [-0.05, 0) is 43.2 Å². The van der Waals surface area contributed by atoms with Gasteiger partial charge in [0.15, 0.2) is 6.29 Å². The lowest BCUT2D eigenvalue weighted by molar-refractivity contribution is 0.112. The standard InChI is InChI=1S/C11H11NO/c1-7-3-9-5-10(6-13)12-11(9)4-8(7)2/h3-6,12H,1-2H3. The minimum absolute atomic E-state index is 0.639. The lowest BCUT2D eigenvalue weighted by atomic mass is 10.1. The summed E-state index contributed by atoms with van der Waals surface area (Å²) in [5, 5.41) is 1.10. The van der Waals surface area contributed by atoms with Gasteiger partial charge in [0.05, 0.1) is 5.69 Å². The summed E-state index contributed by atoms with van der Waals surface area (Å²) >= 11 is 0. The monoisotopic (exact) mass is 173 g/mol. The van der Waals surface area contributed by atoms with E-state index in [4.69, 9.17) is 0 Å². The number of aldehydes is 1.